The lowest BCUT2D eigenvalue weighted by Crippen LogP contribution is -2.15. The van der Waals surface area contributed by atoms with Crippen LogP contribution in [0.25, 0.3) is 0 Å². The number of nitrogens with two attached hydrogens (primary N) is 1. The van der Waals surface area contributed by atoms with E-state index in [4.69, 9.17) is 10.2 Å². The molecule has 3 N–H and O–H groups in total. The van der Waals surface area contributed by atoms with Crippen molar-refractivity contribution < 1.29 is 22.4 Å². The Bertz CT molecular complexity index is 941. The van der Waals surface area contributed by atoms with E-state index in [2.05, 4.69) is 15.5 Å². The Morgan fingerprint density at radius 2 is 2.07 bits per heavy atom. The van der Waals surface area contributed by atoms with Gasteiger partial charge in [0.15, 0.2) is 11.0 Å². The lowest BCUT2D eigenvalue weighted by atomic mass is 10.2. The topological polar surface area (TPSA) is 99.0 Å². The van der Waals surface area contributed by atoms with E-state index in [-0.39, 0.29) is 12.3 Å². The van der Waals surface area contributed by atoms with Gasteiger partial charge >= 0.3 is 6.18 Å². The van der Waals surface area contributed by atoms with Crippen molar-refractivity contribution in [3.05, 3.63) is 59.8 Å². The van der Waals surface area contributed by atoms with Gasteiger partial charge in [0.05, 0.1) is 30.7 Å². The number of alkyl halides is 3. The average molecular weight is 411 g/mol. The molecule has 7 nitrogen and oxygen atoms in total. The number of anilines is 1. The van der Waals surface area contributed by atoms with Gasteiger partial charge in [0, 0.05) is 5.69 Å². The summed E-state index contributed by atoms with van der Waals surface area (Å²) >= 11 is 1.12. The molecule has 3 rings (SSSR count). The molecule has 0 unspecified atom stereocenters. The second-order valence-electron chi connectivity index (χ2n) is 5.75. The summed E-state index contributed by atoms with van der Waals surface area (Å²) in [5.41, 5.74) is 4.73. The monoisotopic (exact) mass is 411 g/mol. The molecule has 0 spiro atoms. The number of amides is 1. The molecular formula is C17H16F3N5O2S. The van der Waals surface area contributed by atoms with Crippen LogP contribution in [0.2, 0.25) is 0 Å². The Kier molecular flexibility index (Phi) is 5.93. The third kappa shape index (κ3) is 5.06. The number of carbonyl (C=O) groups is 1. The fourth-order valence-corrected chi connectivity index (χ4v) is 3.09. The second-order valence-corrected chi connectivity index (χ2v) is 6.69. The fraction of sp³-hybridized carbons (Fsp3) is 0.235. The summed E-state index contributed by atoms with van der Waals surface area (Å²) in [6.07, 6.45) is -2.90. The highest BCUT2D eigenvalue weighted by Crippen LogP contribution is 2.30. The summed E-state index contributed by atoms with van der Waals surface area (Å²) in [5, 5.41) is 11.5. The Hall–Kier alpha value is -2.95. The van der Waals surface area contributed by atoms with E-state index in [1.807, 2.05) is 0 Å². The third-order valence-electron chi connectivity index (χ3n) is 3.67. The SMILES string of the molecule is NC(=O)CSc1nnc(CNc2cccc(C(F)(F)F)c2)n1Cc1ccco1. The van der Waals surface area contributed by atoms with Gasteiger partial charge in [0.1, 0.15) is 5.76 Å². The lowest BCUT2D eigenvalue weighted by Gasteiger charge is -2.12. The maximum absolute atomic E-state index is 12.9. The van der Waals surface area contributed by atoms with Crippen molar-refractivity contribution in [3.8, 4) is 0 Å². The molecule has 0 radical (unpaired) electrons. The van der Waals surface area contributed by atoms with E-state index in [0.29, 0.717) is 29.0 Å². The number of hydrogen-bond acceptors (Lipinski definition) is 6. The van der Waals surface area contributed by atoms with Gasteiger partial charge in [-0.1, -0.05) is 17.8 Å². The predicted molar refractivity (Wildman–Crippen MR) is 96.5 cm³/mol. The third-order valence-corrected chi connectivity index (χ3v) is 4.66. The minimum absolute atomic E-state index is 0.0251. The first kappa shape index (κ1) is 19.8. The largest absolute Gasteiger partial charge is 0.467 e. The number of nitrogens with zero attached hydrogens (tertiary/aromatic N) is 3. The van der Waals surface area contributed by atoms with Gasteiger partial charge in [-0.15, -0.1) is 10.2 Å². The average Bonchev–Trinajstić information content (AvgIpc) is 3.28. The summed E-state index contributed by atoms with van der Waals surface area (Å²) in [4.78, 5) is 11.1. The van der Waals surface area contributed by atoms with Crippen molar-refractivity contribution in [2.45, 2.75) is 24.4 Å². The van der Waals surface area contributed by atoms with Crippen molar-refractivity contribution in [1.29, 1.82) is 0 Å². The van der Waals surface area contributed by atoms with Crippen molar-refractivity contribution >= 4 is 23.4 Å². The van der Waals surface area contributed by atoms with Gasteiger partial charge in [-0.2, -0.15) is 13.2 Å². The van der Waals surface area contributed by atoms with Gasteiger partial charge in [-0.25, -0.2) is 0 Å². The van der Waals surface area contributed by atoms with Gasteiger partial charge in [-0.05, 0) is 30.3 Å². The van der Waals surface area contributed by atoms with E-state index in [1.165, 1.54) is 18.4 Å². The number of aromatic nitrogens is 3. The maximum Gasteiger partial charge on any atom is 0.416 e. The van der Waals surface area contributed by atoms with Gasteiger partial charge in [-0.3, -0.25) is 9.36 Å². The van der Waals surface area contributed by atoms with Crippen molar-refractivity contribution in [3.63, 3.8) is 0 Å². The van der Waals surface area contributed by atoms with Gasteiger partial charge < -0.3 is 15.5 Å². The number of nitrogens with one attached hydrogen (secondary N) is 1. The molecule has 28 heavy (non-hydrogen) atoms. The molecule has 0 saturated carbocycles. The zero-order valence-corrected chi connectivity index (χ0v) is 15.3. The van der Waals surface area contributed by atoms with E-state index in [1.54, 1.807) is 16.7 Å². The van der Waals surface area contributed by atoms with Crippen molar-refractivity contribution in [1.82, 2.24) is 14.8 Å². The highest BCUT2D eigenvalue weighted by Gasteiger charge is 2.30. The van der Waals surface area contributed by atoms with Crippen LogP contribution < -0.4 is 11.1 Å². The van der Waals surface area contributed by atoms with Crippen LogP contribution in [-0.2, 0) is 24.1 Å². The molecule has 0 saturated heterocycles. The lowest BCUT2D eigenvalue weighted by molar-refractivity contribution is -0.137. The van der Waals surface area contributed by atoms with Crippen molar-refractivity contribution in [2.24, 2.45) is 5.73 Å². The molecular weight excluding hydrogens is 395 g/mol. The molecule has 0 aliphatic heterocycles. The van der Waals surface area contributed by atoms with Crippen LogP contribution in [0.15, 0.2) is 52.2 Å². The molecule has 1 amide bonds. The number of hydrogen-bond donors (Lipinski definition) is 2. The highest BCUT2D eigenvalue weighted by atomic mass is 32.2. The molecule has 2 aromatic heterocycles. The number of furan rings is 1. The number of rotatable bonds is 8. The van der Waals surface area contributed by atoms with Crippen LogP contribution >= 0.6 is 11.8 Å². The number of halogens is 3. The molecule has 0 aliphatic rings. The minimum Gasteiger partial charge on any atom is -0.467 e. The number of primary amides is 1. The smallest absolute Gasteiger partial charge is 0.416 e. The number of benzene rings is 1. The molecule has 0 atom stereocenters. The van der Waals surface area contributed by atoms with Gasteiger partial charge in [0.2, 0.25) is 5.91 Å². The summed E-state index contributed by atoms with van der Waals surface area (Å²) in [7, 11) is 0. The molecule has 3 aromatic rings. The normalized spacial score (nSPS) is 11.5. The van der Waals surface area contributed by atoms with Crippen LogP contribution in [0.3, 0.4) is 0 Å². The molecule has 1 aromatic carbocycles. The Morgan fingerprint density at radius 3 is 2.75 bits per heavy atom. The maximum atomic E-state index is 12.9. The quantitative estimate of drug-likeness (QED) is 0.553. The first-order chi connectivity index (χ1) is 13.3. The van der Waals surface area contributed by atoms with E-state index in [9.17, 15) is 18.0 Å². The van der Waals surface area contributed by atoms with Crippen LogP contribution in [0, 0.1) is 0 Å². The van der Waals surface area contributed by atoms with E-state index < -0.39 is 17.6 Å². The molecule has 2 heterocycles. The van der Waals surface area contributed by atoms with Crippen LogP contribution in [-0.4, -0.2) is 26.4 Å². The molecule has 0 fully saturated rings. The number of carbonyl (C=O) groups excluding carboxylic acids is 1. The summed E-state index contributed by atoms with van der Waals surface area (Å²) < 4.78 is 45.6. The molecule has 11 heteroatoms. The predicted octanol–water partition coefficient (Wildman–Crippen LogP) is 3.13. The second kappa shape index (κ2) is 8.38. The standard InChI is InChI=1S/C17H16F3N5O2S/c18-17(19,20)11-3-1-4-12(7-11)22-8-15-23-24-16(28-10-14(21)26)25(15)9-13-5-2-6-27-13/h1-7,22H,8-10H2,(H2,21,26). The molecule has 0 aliphatic carbocycles. The Labute approximate surface area is 162 Å². The van der Waals surface area contributed by atoms with Crippen LogP contribution in [0.4, 0.5) is 18.9 Å². The zero-order valence-electron chi connectivity index (χ0n) is 14.4. The fourth-order valence-electron chi connectivity index (χ4n) is 2.40. The van der Waals surface area contributed by atoms with E-state index >= 15 is 0 Å². The highest BCUT2D eigenvalue weighted by molar-refractivity contribution is 7.99. The zero-order chi connectivity index (χ0) is 20.1. The summed E-state index contributed by atoms with van der Waals surface area (Å²) in [6, 6.07) is 8.39. The van der Waals surface area contributed by atoms with Crippen LogP contribution in [0.1, 0.15) is 17.1 Å². The minimum atomic E-state index is -4.42. The molecule has 0 bridgehead atoms. The van der Waals surface area contributed by atoms with Crippen LogP contribution in [0.5, 0.6) is 0 Å². The first-order valence-corrected chi connectivity index (χ1v) is 9.08. The summed E-state index contributed by atoms with van der Waals surface area (Å²) in [5.74, 6) is 0.639. The summed E-state index contributed by atoms with van der Waals surface area (Å²) in [6.45, 7) is 0.437. The first-order valence-electron chi connectivity index (χ1n) is 8.09. The van der Waals surface area contributed by atoms with Crippen molar-refractivity contribution in [2.75, 3.05) is 11.1 Å². The van der Waals surface area contributed by atoms with E-state index in [0.717, 1.165) is 23.9 Å². The Morgan fingerprint density at radius 1 is 1.25 bits per heavy atom. The Balaban J connectivity index is 1.78. The van der Waals surface area contributed by atoms with Gasteiger partial charge in [0.25, 0.3) is 0 Å². The molecule has 148 valence electrons. The number of thioether (sulfide) groups is 1.